The van der Waals surface area contributed by atoms with Gasteiger partial charge in [0.15, 0.2) is 0 Å². The molecule has 5 heteroatoms. The quantitative estimate of drug-likeness (QED) is 0.843. The Morgan fingerprint density at radius 1 is 1.42 bits per heavy atom. The van der Waals surface area contributed by atoms with Crippen LogP contribution < -0.4 is 0 Å². The van der Waals surface area contributed by atoms with Crippen molar-refractivity contribution in [3.63, 3.8) is 0 Å². The average molecular weight is 263 g/mol. The Morgan fingerprint density at radius 3 is 3.00 bits per heavy atom. The Kier molecular flexibility index (Phi) is 3.55. The third-order valence-electron chi connectivity index (χ3n) is 4.46. The van der Waals surface area contributed by atoms with E-state index >= 15 is 0 Å². The van der Waals surface area contributed by atoms with Crippen LogP contribution in [0.25, 0.3) is 0 Å². The molecule has 1 aliphatic heterocycles. The van der Waals surface area contributed by atoms with E-state index in [0.717, 1.165) is 43.4 Å². The van der Waals surface area contributed by atoms with Crippen molar-refractivity contribution in [1.82, 2.24) is 15.1 Å². The Hall–Kier alpha value is -1.36. The SMILES string of the molecule is O=C(C(O)C1CCCCC1)N1CCc2[nH]ncc2C1. The van der Waals surface area contributed by atoms with Crippen molar-refractivity contribution in [2.24, 2.45) is 5.92 Å². The lowest BCUT2D eigenvalue weighted by Crippen LogP contribution is -2.45. The van der Waals surface area contributed by atoms with Crippen molar-refractivity contribution in [3.8, 4) is 0 Å². The van der Waals surface area contributed by atoms with E-state index in [1.165, 1.54) is 6.42 Å². The summed E-state index contributed by atoms with van der Waals surface area (Å²) < 4.78 is 0. The third kappa shape index (κ3) is 2.52. The van der Waals surface area contributed by atoms with Crippen molar-refractivity contribution >= 4 is 5.91 Å². The minimum absolute atomic E-state index is 0.0984. The topological polar surface area (TPSA) is 69.2 Å². The Labute approximate surface area is 113 Å². The maximum absolute atomic E-state index is 12.4. The normalized spacial score (nSPS) is 22.1. The highest BCUT2D eigenvalue weighted by molar-refractivity contribution is 5.81. The van der Waals surface area contributed by atoms with E-state index in [1.54, 1.807) is 11.1 Å². The highest BCUT2D eigenvalue weighted by Crippen LogP contribution is 2.28. The zero-order valence-corrected chi connectivity index (χ0v) is 11.1. The van der Waals surface area contributed by atoms with Gasteiger partial charge in [-0.1, -0.05) is 19.3 Å². The number of carbonyl (C=O) groups excluding carboxylic acids is 1. The molecule has 1 unspecified atom stereocenters. The first-order chi connectivity index (χ1) is 9.25. The molecule has 104 valence electrons. The van der Waals surface area contributed by atoms with Gasteiger partial charge in [-0.15, -0.1) is 0 Å². The fourth-order valence-electron chi connectivity index (χ4n) is 3.25. The molecule has 1 saturated carbocycles. The minimum atomic E-state index is -0.811. The van der Waals surface area contributed by atoms with E-state index in [1.807, 2.05) is 0 Å². The summed E-state index contributed by atoms with van der Waals surface area (Å²) in [6.07, 6.45) is 7.26. The van der Waals surface area contributed by atoms with Crippen LogP contribution in [0, 0.1) is 5.92 Å². The second-order valence-electron chi connectivity index (χ2n) is 5.73. The Bertz CT molecular complexity index is 451. The van der Waals surface area contributed by atoms with Gasteiger partial charge >= 0.3 is 0 Å². The first-order valence-corrected chi connectivity index (χ1v) is 7.23. The molecule has 0 aromatic carbocycles. The molecule has 0 radical (unpaired) electrons. The number of aromatic nitrogens is 2. The number of carbonyl (C=O) groups is 1. The van der Waals surface area contributed by atoms with Gasteiger partial charge in [0.2, 0.25) is 0 Å². The van der Waals surface area contributed by atoms with Crippen LogP contribution in [0.15, 0.2) is 6.20 Å². The van der Waals surface area contributed by atoms with Crippen LogP contribution in [0.1, 0.15) is 43.4 Å². The van der Waals surface area contributed by atoms with Crippen LogP contribution in [-0.2, 0) is 17.8 Å². The number of fused-ring (bicyclic) bond motifs is 1. The van der Waals surface area contributed by atoms with Gasteiger partial charge < -0.3 is 10.0 Å². The molecule has 1 fully saturated rings. The van der Waals surface area contributed by atoms with E-state index < -0.39 is 6.10 Å². The molecule has 1 aromatic rings. The van der Waals surface area contributed by atoms with Crippen molar-refractivity contribution < 1.29 is 9.90 Å². The molecule has 2 N–H and O–H groups in total. The lowest BCUT2D eigenvalue weighted by atomic mass is 9.84. The molecule has 1 amide bonds. The molecule has 2 aliphatic rings. The molecule has 1 aromatic heterocycles. The molecule has 0 saturated heterocycles. The summed E-state index contributed by atoms with van der Waals surface area (Å²) in [5, 5.41) is 17.2. The molecule has 0 spiro atoms. The number of nitrogens with zero attached hydrogens (tertiary/aromatic N) is 2. The van der Waals surface area contributed by atoms with E-state index in [4.69, 9.17) is 0 Å². The van der Waals surface area contributed by atoms with Crippen LogP contribution in [0.2, 0.25) is 0 Å². The number of hydrogen-bond acceptors (Lipinski definition) is 3. The summed E-state index contributed by atoms with van der Waals surface area (Å²) in [7, 11) is 0. The number of H-pyrrole nitrogens is 1. The van der Waals surface area contributed by atoms with E-state index in [2.05, 4.69) is 10.2 Å². The van der Waals surface area contributed by atoms with Gasteiger partial charge in [0.25, 0.3) is 5.91 Å². The second kappa shape index (κ2) is 5.33. The van der Waals surface area contributed by atoms with Gasteiger partial charge in [-0.2, -0.15) is 5.10 Å². The number of aromatic amines is 1. The standard InChI is InChI=1S/C14H21N3O2/c18-13(10-4-2-1-3-5-10)14(19)17-7-6-12-11(9-17)8-15-16-12/h8,10,13,18H,1-7,9H2,(H,15,16). The van der Waals surface area contributed by atoms with Crippen molar-refractivity contribution in [1.29, 1.82) is 0 Å². The number of nitrogens with one attached hydrogen (secondary N) is 1. The molecule has 1 aliphatic carbocycles. The Morgan fingerprint density at radius 2 is 2.21 bits per heavy atom. The Balaban J connectivity index is 1.64. The first-order valence-electron chi connectivity index (χ1n) is 7.23. The predicted molar refractivity (Wildman–Crippen MR) is 70.3 cm³/mol. The van der Waals surface area contributed by atoms with Gasteiger partial charge in [0.1, 0.15) is 6.10 Å². The fourth-order valence-corrected chi connectivity index (χ4v) is 3.25. The number of aliphatic hydroxyl groups excluding tert-OH is 1. The maximum Gasteiger partial charge on any atom is 0.252 e. The summed E-state index contributed by atoms with van der Waals surface area (Å²) in [5.74, 6) is 0.0609. The average Bonchev–Trinajstić information content (AvgIpc) is 2.94. The summed E-state index contributed by atoms with van der Waals surface area (Å²) in [6, 6.07) is 0. The lowest BCUT2D eigenvalue weighted by Gasteiger charge is -2.32. The monoisotopic (exact) mass is 263 g/mol. The van der Waals surface area contributed by atoms with Crippen molar-refractivity contribution in [2.75, 3.05) is 6.54 Å². The fraction of sp³-hybridized carbons (Fsp3) is 0.714. The lowest BCUT2D eigenvalue weighted by molar-refractivity contribution is -0.144. The molecule has 0 bridgehead atoms. The van der Waals surface area contributed by atoms with Crippen molar-refractivity contribution in [2.45, 2.75) is 51.2 Å². The smallest absolute Gasteiger partial charge is 0.252 e. The van der Waals surface area contributed by atoms with Crippen LogP contribution in [0.5, 0.6) is 0 Å². The highest BCUT2D eigenvalue weighted by atomic mass is 16.3. The summed E-state index contributed by atoms with van der Waals surface area (Å²) >= 11 is 0. The predicted octanol–water partition coefficient (Wildman–Crippen LogP) is 1.24. The minimum Gasteiger partial charge on any atom is -0.383 e. The maximum atomic E-state index is 12.4. The van der Waals surface area contributed by atoms with Crippen LogP contribution in [-0.4, -0.2) is 38.8 Å². The van der Waals surface area contributed by atoms with Crippen LogP contribution >= 0.6 is 0 Å². The molecule has 19 heavy (non-hydrogen) atoms. The number of rotatable bonds is 2. The number of hydrogen-bond donors (Lipinski definition) is 2. The first kappa shape index (κ1) is 12.7. The van der Waals surface area contributed by atoms with Gasteiger partial charge in [-0.3, -0.25) is 9.89 Å². The van der Waals surface area contributed by atoms with E-state index in [0.29, 0.717) is 13.1 Å². The molecule has 2 heterocycles. The van der Waals surface area contributed by atoms with Crippen molar-refractivity contribution in [3.05, 3.63) is 17.5 Å². The molecular formula is C14H21N3O2. The third-order valence-corrected chi connectivity index (χ3v) is 4.46. The van der Waals surface area contributed by atoms with Crippen LogP contribution in [0.3, 0.4) is 0 Å². The van der Waals surface area contributed by atoms with E-state index in [-0.39, 0.29) is 11.8 Å². The van der Waals surface area contributed by atoms with Gasteiger partial charge in [-0.25, -0.2) is 0 Å². The summed E-state index contributed by atoms with van der Waals surface area (Å²) in [6.45, 7) is 1.26. The highest BCUT2D eigenvalue weighted by Gasteiger charge is 2.32. The number of amides is 1. The largest absolute Gasteiger partial charge is 0.383 e. The molecular weight excluding hydrogens is 242 g/mol. The molecule has 5 nitrogen and oxygen atoms in total. The van der Waals surface area contributed by atoms with Crippen LogP contribution in [0.4, 0.5) is 0 Å². The number of aliphatic hydroxyl groups is 1. The second-order valence-corrected chi connectivity index (χ2v) is 5.73. The zero-order chi connectivity index (χ0) is 13.2. The van der Waals surface area contributed by atoms with Gasteiger partial charge in [0.05, 0.1) is 6.20 Å². The zero-order valence-electron chi connectivity index (χ0n) is 11.1. The molecule has 3 rings (SSSR count). The van der Waals surface area contributed by atoms with Gasteiger partial charge in [0, 0.05) is 30.8 Å². The summed E-state index contributed by atoms with van der Waals surface area (Å²) in [5.41, 5.74) is 2.20. The molecule has 1 atom stereocenters. The van der Waals surface area contributed by atoms with Gasteiger partial charge in [-0.05, 0) is 18.8 Å². The van der Waals surface area contributed by atoms with E-state index in [9.17, 15) is 9.90 Å². The summed E-state index contributed by atoms with van der Waals surface area (Å²) in [4.78, 5) is 14.1.